The molecule has 37 heavy (non-hydrogen) atoms. The smallest absolute Gasteiger partial charge is 0.352 e. The molecule has 0 radical (unpaired) electrons. The maximum Gasteiger partial charge on any atom is 0.352 e. The second-order valence-electron chi connectivity index (χ2n) is 8.41. The van der Waals surface area contributed by atoms with Crippen LogP contribution in [0, 0.1) is 6.92 Å². The highest BCUT2D eigenvalue weighted by Gasteiger charge is 2.40. The topological polar surface area (TPSA) is 103 Å². The number of aromatic nitrogens is 1. The number of imide groups is 1. The van der Waals surface area contributed by atoms with E-state index in [4.69, 9.17) is 9.47 Å². The van der Waals surface area contributed by atoms with Crippen molar-refractivity contribution in [3.63, 3.8) is 0 Å². The number of ether oxygens (including phenoxy) is 2. The number of carbonyl (C=O) groups is 4. The zero-order chi connectivity index (χ0) is 26.1. The van der Waals surface area contributed by atoms with E-state index in [1.807, 2.05) is 6.07 Å². The first-order valence-electron chi connectivity index (χ1n) is 11.7. The van der Waals surface area contributed by atoms with Crippen LogP contribution in [0.4, 0.5) is 5.69 Å². The largest absolute Gasteiger partial charge is 0.463 e. The Morgan fingerprint density at radius 2 is 1.59 bits per heavy atom. The maximum absolute atomic E-state index is 13.5. The second-order valence-corrected chi connectivity index (χ2v) is 8.41. The van der Waals surface area contributed by atoms with Gasteiger partial charge in [0.05, 0.1) is 40.2 Å². The zero-order valence-electron chi connectivity index (χ0n) is 20.1. The molecule has 4 aromatic rings. The number of para-hydroxylation sites is 1. The van der Waals surface area contributed by atoms with Crippen LogP contribution in [0.1, 0.15) is 55.4 Å². The van der Waals surface area contributed by atoms with E-state index in [-0.39, 0.29) is 29.0 Å². The number of esters is 2. The highest BCUT2D eigenvalue weighted by atomic mass is 16.6. The van der Waals surface area contributed by atoms with E-state index in [0.29, 0.717) is 22.2 Å². The predicted molar refractivity (Wildman–Crippen MR) is 135 cm³/mol. The molecule has 184 valence electrons. The zero-order valence-corrected chi connectivity index (χ0v) is 20.1. The quantitative estimate of drug-likeness (QED) is 0.280. The van der Waals surface area contributed by atoms with Gasteiger partial charge in [0.1, 0.15) is 0 Å². The number of carbonyl (C=O) groups excluding carboxylic acids is 4. The average molecular weight is 495 g/mol. The van der Waals surface area contributed by atoms with Crippen LogP contribution in [0.5, 0.6) is 0 Å². The molecule has 0 spiro atoms. The lowest BCUT2D eigenvalue weighted by atomic mass is 10.0. The Morgan fingerprint density at radius 1 is 0.892 bits per heavy atom. The number of nitrogens with zero attached hydrogens (tertiary/aromatic N) is 2. The Labute approximate surface area is 212 Å². The van der Waals surface area contributed by atoms with Crippen molar-refractivity contribution in [2.75, 3.05) is 11.5 Å². The minimum absolute atomic E-state index is 0.0685. The van der Waals surface area contributed by atoms with E-state index < -0.39 is 29.9 Å². The summed E-state index contributed by atoms with van der Waals surface area (Å²) in [7, 11) is 0. The van der Waals surface area contributed by atoms with Crippen LogP contribution in [-0.4, -0.2) is 35.3 Å². The normalized spacial score (nSPS) is 13.4. The molecule has 0 N–H and O–H groups in total. The van der Waals surface area contributed by atoms with Gasteiger partial charge < -0.3 is 9.47 Å². The standard InChI is InChI=1S/C29H22N2O6/c1-3-36-29(35)25(18-10-5-4-6-11-18)37-28(34)19-12-9-13-20(16-19)31-26(32)23-17(2)30-22-15-8-7-14-21(22)24(23)27(31)33/h4-16,25H,3H2,1-2H3/t25-/m0/s1. The lowest BCUT2D eigenvalue weighted by Gasteiger charge is -2.18. The number of benzene rings is 3. The van der Waals surface area contributed by atoms with Crippen molar-refractivity contribution < 1.29 is 28.7 Å². The van der Waals surface area contributed by atoms with Crippen LogP contribution in [0.3, 0.4) is 0 Å². The monoisotopic (exact) mass is 494 g/mol. The van der Waals surface area contributed by atoms with Gasteiger partial charge in [0, 0.05) is 10.9 Å². The predicted octanol–water partition coefficient (Wildman–Crippen LogP) is 4.81. The summed E-state index contributed by atoms with van der Waals surface area (Å²) in [5.41, 5.74) is 2.32. The molecule has 0 aliphatic carbocycles. The molecular weight excluding hydrogens is 472 g/mol. The number of fused-ring (bicyclic) bond motifs is 3. The molecule has 1 aliphatic rings. The van der Waals surface area contributed by atoms with Crippen molar-refractivity contribution in [2.24, 2.45) is 0 Å². The van der Waals surface area contributed by atoms with Crippen molar-refractivity contribution in [2.45, 2.75) is 20.0 Å². The fourth-order valence-electron chi connectivity index (χ4n) is 4.41. The third-order valence-corrected chi connectivity index (χ3v) is 6.08. The fourth-order valence-corrected chi connectivity index (χ4v) is 4.41. The van der Waals surface area contributed by atoms with Crippen LogP contribution < -0.4 is 4.90 Å². The second kappa shape index (κ2) is 9.66. The summed E-state index contributed by atoms with van der Waals surface area (Å²) in [5, 5.41) is 0.583. The van der Waals surface area contributed by atoms with Gasteiger partial charge in [-0.2, -0.15) is 0 Å². The molecule has 2 amide bonds. The number of pyridine rings is 1. The molecule has 0 fully saturated rings. The summed E-state index contributed by atoms with van der Waals surface area (Å²) in [6.45, 7) is 3.47. The number of rotatable bonds is 6. The summed E-state index contributed by atoms with van der Waals surface area (Å²) >= 11 is 0. The molecular formula is C29H22N2O6. The van der Waals surface area contributed by atoms with E-state index in [1.165, 1.54) is 12.1 Å². The number of hydrogen-bond acceptors (Lipinski definition) is 7. The lowest BCUT2D eigenvalue weighted by molar-refractivity contribution is -0.153. The van der Waals surface area contributed by atoms with E-state index in [1.54, 1.807) is 74.5 Å². The first-order chi connectivity index (χ1) is 17.9. The first-order valence-corrected chi connectivity index (χ1v) is 11.7. The third-order valence-electron chi connectivity index (χ3n) is 6.08. The number of amides is 2. The molecule has 8 heteroatoms. The van der Waals surface area contributed by atoms with Crippen molar-refractivity contribution in [3.05, 3.63) is 107 Å². The van der Waals surface area contributed by atoms with E-state index in [2.05, 4.69) is 4.98 Å². The fraction of sp³-hybridized carbons (Fsp3) is 0.138. The highest BCUT2D eigenvalue weighted by Crippen LogP contribution is 2.34. The van der Waals surface area contributed by atoms with Crippen molar-refractivity contribution >= 4 is 40.3 Å². The average Bonchev–Trinajstić information content (AvgIpc) is 3.18. The molecule has 1 aromatic heterocycles. The number of anilines is 1. The summed E-state index contributed by atoms with van der Waals surface area (Å²) in [5.74, 6) is -2.52. The number of aryl methyl sites for hydroxylation is 1. The molecule has 8 nitrogen and oxygen atoms in total. The SMILES string of the molecule is CCOC(=O)[C@@H](OC(=O)c1cccc(N2C(=O)c3c(C)nc4ccccc4c3C2=O)c1)c1ccccc1. The van der Waals surface area contributed by atoms with Gasteiger partial charge in [-0.1, -0.05) is 54.6 Å². The minimum Gasteiger partial charge on any atom is -0.463 e. The van der Waals surface area contributed by atoms with Crippen LogP contribution in [0.25, 0.3) is 10.9 Å². The number of hydrogen-bond donors (Lipinski definition) is 0. The summed E-state index contributed by atoms with van der Waals surface area (Å²) in [6, 6.07) is 21.6. The van der Waals surface area contributed by atoms with Gasteiger partial charge in [0.15, 0.2) is 0 Å². The molecule has 1 aliphatic heterocycles. The highest BCUT2D eigenvalue weighted by molar-refractivity contribution is 6.37. The van der Waals surface area contributed by atoms with Gasteiger partial charge in [0.25, 0.3) is 11.8 Å². The van der Waals surface area contributed by atoms with Gasteiger partial charge in [0.2, 0.25) is 6.10 Å². The minimum atomic E-state index is -1.27. The van der Waals surface area contributed by atoms with Crippen LogP contribution in [0.15, 0.2) is 78.9 Å². The van der Waals surface area contributed by atoms with Crippen molar-refractivity contribution in [3.8, 4) is 0 Å². The molecule has 0 saturated carbocycles. The van der Waals surface area contributed by atoms with Gasteiger partial charge in [-0.3, -0.25) is 14.6 Å². The van der Waals surface area contributed by atoms with Gasteiger partial charge in [-0.25, -0.2) is 14.5 Å². The Kier molecular flexibility index (Phi) is 6.23. The van der Waals surface area contributed by atoms with Gasteiger partial charge in [-0.15, -0.1) is 0 Å². The van der Waals surface area contributed by atoms with Crippen LogP contribution >= 0.6 is 0 Å². The summed E-state index contributed by atoms with van der Waals surface area (Å²) in [4.78, 5) is 58.0. The molecule has 2 heterocycles. The lowest BCUT2D eigenvalue weighted by Crippen LogP contribution is -2.29. The Bertz CT molecular complexity index is 1560. The third kappa shape index (κ3) is 4.23. The Hall–Kier alpha value is -4.85. The maximum atomic E-state index is 13.5. The van der Waals surface area contributed by atoms with Crippen molar-refractivity contribution in [1.29, 1.82) is 0 Å². The van der Waals surface area contributed by atoms with Gasteiger partial charge in [-0.05, 0) is 38.1 Å². The molecule has 0 unspecified atom stereocenters. The molecule has 3 aromatic carbocycles. The van der Waals surface area contributed by atoms with E-state index in [0.717, 1.165) is 4.90 Å². The van der Waals surface area contributed by atoms with E-state index in [9.17, 15) is 19.2 Å². The van der Waals surface area contributed by atoms with Crippen LogP contribution in [-0.2, 0) is 14.3 Å². The Morgan fingerprint density at radius 3 is 2.35 bits per heavy atom. The van der Waals surface area contributed by atoms with Crippen molar-refractivity contribution in [1.82, 2.24) is 4.98 Å². The molecule has 1 atom stereocenters. The van der Waals surface area contributed by atoms with Crippen LogP contribution in [0.2, 0.25) is 0 Å². The molecule has 5 rings (SSSR count). The molecule has 0 saturated heterocycles. The summed E-state index contributed by atoms with van der Waals surface area (Å²) in [6.07, 6.45) is -1.27. The van der Waals surface area contributed by atoms with Gasteiger partial charge >= 0.3 is 11.9 Å². The van der Waals surface area contributed by atoms with E-state index >= 15 is 0 Å². The first kappa shape index (κ1) is 23.9. The summed E-state index contributed by atoms with van der Waals surface area (Å²) < 4.78 is 10.6. The molecule has 0 bridgehead atoms. The Balaban J connectivity index is 1.48.